The molecule has 2 heterocycles. The second-order valence-electron chi connectivity index (χ2n) is 6.73. The third-order valence-electron chi connectivity index (χ3n) is 5.16. The second kappa shape index (κ2) is 8.09. The number of nitrogens with zero attached hydrogens (tertiary/aromatic N) is 3. The Hall–Kier alpha value is -2.75. The first kappa shape index (κ1) is 18.1. The predicted molar refractivity (Wildman–Crippen MR) is 95.5 cm³/mol. The van der Waals surface area contributed by atoms with E-state index < -0.39 is 5.41 Å². The van der Waals surface area contributed by atoms with Gasteiger partial charge in [-0.15, -0.1) is 0 Å². The van der Waals surface area contributed by atoms with E-state index in [0.717, 1.165) is 12.0 Å². The highest BCUT2D eigenvalue weighted by Gasteiger charge is 2.37. The van der Waals surface area contributed by atoms with Gasteiger partial charge in [0.15, 0.2) is 0 Å². The molecule has 2 aliphatic rings. The molecule has 2 fully saturated rings. The van der Waals surface area contributed by atoms with Crippen molar-refractivity contribution in [1.82, 2.24) is 15.1 Å². The number of nitriles is 1. The highest BCUT2D eigenvalue weighted by molar-refractivity contribution is 5.74. The van der Waals surface area contributed by atoms with Crippen molar-refractivity contribution < 1.29 is 14.3 Å². The Morgan fingerprint density at radius 3 is 2.62 bits per heavy atom. The van der Waals surface area contributed by atoms with Gasteiger partial charge in [-0.3, -0.25) is 0 Å². The summed E-state index contributed by atoms with van der Waals surface area (Å²) in [5.41, 5.74) is 0.501. The lowest BCUT2D eigenvalue weighted by Gasteiger charge is -2.37. The maximum Gasteiger partial charge on any atom is 0.409 e. The van der Waals surface area contributed by atoms with Crippen molar-refractivity contribution in [2.24, 2.45) is 0 Å². The van der Waals surface area contributed by atoms with Gasteiger partial charge < -0.3 is 19.9 Å². The predicted octanol–water partition coefficient (Wildman–Crippen LogP) is 2.10. The molecular formula is C19H24N4O3. The molecule has 0 aromatic heterocycles. The average molecular weight is 356 g/mol. The van der Waals surface area contributed by atoms with Gasteiger partial charge in [0.1, 0.15) is 0 Å². The SMILES string of the molecule is N#CC1(c2ccccc2)CCN(C(=O)NCCN2CCCOC2=O)CC1. The molecule has 0 saturated carbocycles. The van der Waals surface area contributed by atoms with E-state index in [1.54, 1.807) is 9.80 Å². The van der Waals surface area contributed by atoms with Crippen LogP contribution in [-0.4, -0.2) is 61.3 Å². The molecule has 7 nitrogen and oxygen atoms in total. The molecule has 0 spiro atoms. The van der Waals surface area contributed by atoms with Gasteiger partial charge in [-0.2, -0.15) is 5.26 Å². The number of urea groups is 1. The van der Waals surface area contributed by atoms with Crippen LogP contribution < -0.4 is 5.32 Å². The number of rotatable bonds is 4. The van der Waals surface area contributed by atoms with Crippen LogP contribution in [-0.2, 0) is 10.2 Å². The molecule has 0 radical (unpaired) electrons. The lowest BCUT2D eigenvalue weighted by atomic mass is 9.74. The first-order chi connectivity index (χ1) is 12.6. The van der Waals surface area contributed by atoms with Gasteiger partial charge in [0.05, 0.1) is 18.1 Å². The molecule has 3 amide bonds. The Kier molecular flexibility index (Phi) is 5.61. The summed E-state index contributed by atoms with van der Waals surface area (Å²) < 4.78 is 4.97. The molecule has 0 bridgehead atoms. The molecule has 2 saturated heterocycles. The third-order valence-corrected chi connectivity index (χ3v) is 5.16. The fourth-order valence-corrected chi connectivity index (χ4v) is 3.52. The third kappa shape index (κ3) is 3.90. The largest absolute Gasteiger partial charge is 0.449 e. The van der Waals surface area contributed by atoms with Crippen molar-refractivity contribution in [2.75, 3.05) is 39.3 Å². The van der Waals surface area contributed by atoms with E-state index in [-0.39, 0.29) is 12.1 Å². The summed E-state index contributed by atoms with van der Waals surface area (Å²) >= 11 is 0. The number of carbonyl (C=O) groups is 2. The zero-order valence-corrected chi connectivity index (χ0v) is 14.8. The van der Waals surface area contributed by atoms with Gasteiger partial charge in [-0.05, 0) is 24.8 Å². The van der Waals surface area contributed by atoms with Crippen LogP contribution in [0, 0.1) is 11.3 Å². The smallest absolute Gasteiger partial charge is 0.409 e. The molecule has 7 heteroatoms. The zero-order valence-electron chi connectivity index (χ0n) is 14.8. The molecule has 0 unspecified atom stereocenters. The summed E-state index contributed by atoms with van der Waals surface area (Å²) in [6.07, 6.45) is 1.76. The molecule has 0 atom stereocenters. The quantitative estimate of drug-likeness (QED) is 0.895. The molecule has 138 valence electrons. The summed E-state index contributed by atoms with van der Waals surface area (Å²) in [4.78, 5) is 27.3. The Morgan fingerprint density at radius 1 is 1.23 bits per heavy atom. The van der Waals surface area contributed by atoms with Crippen LogP contribution in [0.2, 0.25) is 0 Å². The molecule has 1 aromatic rings. The van der Waals surface area contributed by atoms with E-state index in [0.29, 0.717) is 52.2 Å². The molecule has 2 aliphatic heterocycles. The van der Waals surface area contributed by atoms with Crippen molar-refractivity contribution in [1.29, 1.82) is 5.26 Å². The normalized spacial score (nSPS) is 19.4. The van der Waals surface area contributed by atoms with Crippen LogP contribution >= 0.6 is 0 Å². The lowest BCUT2D eigenvalue weighted by Crippen LogP contribution is -2.50. The topological polar surface area (TPSA) is 85.7 Å². The van der Waals surface area contributed by atoms with E-state index in [2.05, 4.69) is 11.4 Å². The average Bonchev–Trinajstić information content (AvgIpc) is 2.70. The number of carbonyl (C=O) groups excluding carboxylic acids is 2. The number of ether oxygens (including phenoxy) is 1. The van der Waals surface area contributed by atoms with E-state index in [1.165, 1.54) is 0 Å². The number of cyclic esters (lactones) is 1. The maximum absolute atomic E-state index is 12.4. The molecule has 3 rings (SSSR count). The number of hydrogen-bond acceptors (Lipinski definition) is 4. The highest BCUT2D eigenvalue weighted by atomic mass is 16.6. The first-order valence-corrected chi connectivity index (χ1v) is 9.06. The number of hydrogen-bond donors (Lipinski definition) is 1. The van der Waals surface area contributed by atoms with Gasteiger partial charge in [0, 0.05) is 32.7 Å². The molecule has 0 aliphatic carbocycles. The Balaban J connectivity index is 1.47. The number of amides is 3. The monoisotopic (exact) mass is 356 g/mol. The number of piperidine rings is 1. The van der Waals surface area contributed by atoms with Crippen molar-refractivity contribution in [3.05, 3.63) is 35.9 Å². The molecule has 26 heavy (non-hydrogen) atoms. The fraction of sp³-hybridized carbons (Fsp3) is 0.526. The van der Waals surface area contributed by atoms with Crippen molar-refractivity contribution in [3.8, 4) is 6.07 Å². The van der Waals surface area contributed by atoms with Crippen LogP contribution in [0.4, 0.5) is 9.59 Å². The van der Waals surface area contributed by atoms with Crippen molar-refractivity contribution in [3.63, 3.8) is 0 Å². The first-order valence-electron chi connectivity index (χ1n) is 9.06. The minimum atomic E-state index is -0.518. The number of likely N-dealkylation sites (tertiary alicyclic amines) is 1. The van der Waals surface area contributed by atoms with E-state index in [9.17, 15) is 14.9 Å². The summed E-state index contributed by atoms with van der Waals surface area (Å²) in [5, 5.41) is 12.6. The van der Waals surface area contributed by atoms with Gasteiger partial charge >= 0.3 is 12.1 Å². The minimum absolute atomic E-state index is 0.144. The van der Waals surface area contributed by atoms with Gasteiger partial charge in [-0.25, -0.2) is 9.59 Å². The standard InChI is InChI=1S/C19H24N4O3/c20-15-19(16-5-2-1-3-6-16)7-11-22(12-8-19)17(24)21-9-13-23-10-4-14-26-18(23)25/h1-3,5-6H,4,7-14H2,(H,21,24). The van der Waals surface area contributed by atoms with Gasteiger partial charge in [0.2, 0.25) is 0 Å². The zero-order chi connectivity index (χ0) is 18.4. The molecular weight excluding hydrogens is 332 g/mol. The van der Waals surface area contributed by atoms with Crippen LogP contribution in [0.3, 0.4) is 0 Å². The molecule has 1 aromatic carbocycles. The van der Waals surface area contributed by atoms with Crippen LogP contribution in [0.15, 0.2) is 30.3 Å². The Labute approximate surface area is 153 Å². The van der Waals surface area contributed by atoms with Gasteiger partial charge in [0.25, 0.3) is 0 Å². The highest BCUT2D eigenvalue weighted by Crippen LogP contribution is 2.34. The summed E-state index contributed by atoms with van der Waals surface area (Å²) in [6.45, 7) is 3.06. The molecule has 1 N–H and O–H groups in total. The fourth-order valence-electron chi connectivity index (χ4n) is 3.52. The maximum atomic E-state index is 12.4. The second-order valence-corrected chi connectivity index (χ2v) is 6.73. The Morgan fingerprint density at radius 2 is 1.96 bits per heavy atom. The number of nitrogens with one attached hydrogen (secondary N) is 1. The van der Waals surface area contributed by atoms with Gasteiger partial charge in [-0.1, -0.05) is 30.3 Å². The summed E-state index contributed by atoms with van der Waals surface area (Å²) in [7, 11) is 0. The van der Waals surface area contributed by atoms with Crippen molar-refractivity contribution >= 4 is 12.1 Å². The van der Waals surface area contributed by atoms with E-state index in [1.807, 2.05) is 30.3 Å². The van der Waals surface area contributed by atoms with E-state index >= 15 is 0 Å². The van der Waals surface area contributed by atoms with Crippen LogP contribution in [0.25, 0.3) is 0 Å². The minimum Gasteiger partial charge on any atom is -0.449 e. The lowest BCUT2D eigenvalue weighted by molar-refractivity contribution is 0.0732. The van der Waals surface area contributed by atoms with Crippen molar-refractivity contribution in [2.45, 2.75) is 24.7 Å². The summed E-state index contributed by atoms with van der Waals surface area (Å²) in [6, 6.07) is 12.1. The van der Waals surface area contributed by atoms with Crippen LogP contribution in [0.1, 0.15) is 24.8 Å². The number of benzene rings is 1. The summed E-state index contributed by atoms with van der Waals surface area (Å²) in [5.74, 6) is 0. The van der Waals surface area contributed by atoms with E-state index in [4.69, 9.17) is 4.74 Å². The Bertz CT molecular complexity index is 678. The van der Waals surface area contributed by atoms with Crippen LogP contribution in [0.5, 0.6) is 0 Å².